The lowest BCUT2D eigenvalue weighted by molar-refractivity contribution is -0.145. The monoisotopic (exact) mass is 325 g/mol. The molecule has 0 saturated heterocycles. The Balaban J connectivity index is 1.78. The molecule has 0 aromatic rings. The Morgan fingerprint density at radius 1 is 1.22 bits per heavy atom. The Morgan fingerprint density at radius 2 is 2.00 bits per heavy atom. The van der Waals surface area contributed by atoms with E-state index in [9.17, 15) is 14.4 Å². The first-order chi connectivity index (χ1) is 11.1. The van der Waals surface area contributed by atoms with Crippen molar-refractivity contribution >= 4 is 18.0 Å². The number of carbonyl (C=O) groups excluding carboxylic acids is 3. The van der Waals surface area contributed by atoms with Gasteiger partial charge in [-0.15, -0.1) is 0 Å². The van der Waals surface area contributed by atoms with Crippen molar-refractivity contribution in [3.05, 3.63) is 12.2 Å². The molecular formula is C16H23NO6. The van der Waals surface area contributed by atoms with Gasteiger partial charge in [-0.1, -0.05) is 6.08 Å². The Bertz CT molecular complexity index is 489. The molecule has 0 spiro atoms. The van der Waals surface area contributed by atoms with Gasteiger partial charge in [0.05, 0.1) is 19.6 Å². The fraction of sp³-hybridized carbons (Fsp3) is 0.688. The van der Waals surface area contributed by atoms with Crippen LogP contribution in [0.25, 0.3) is 0 Å². The lowest BCUT2D eigenvalue weighted by Gasteiger charge is -2.16. The molecule has 2 aliphatic rings. The Hall–Kier alpha value is -2.05. The molecule has 0 unspecified atom stereocenters. The third kappa shape index (κ3) is 4.71. The quantitative estimate of drug-likeness (QED) is 0.467. The second-order valence-electron chi connectivity index (χ2n) is 5.72. The van der Waals surface area contributed by atoms with E-state index in [0.29, 0.717) is 24.9 Å². The molecule has 2 rings (SSSR count). The molecule has 23 heavy (non-hydrogen) atoms. The first kappa shape index (κ1) is 17.3. The van der Waals surface area contributed by atoms with E-state index >= 15 is 0 Å². The van der Waals surface area contributed by atoms with Crippen LogP contribution >= 0.6 is 0 Å². The van der Waals surface area contributed by atoms with Crippen LogP contribution in [0.3, 0.4) is 0 Å². The first-order valence-electron chi connectivity index (χ1n) is 7.91. The van der Waals surface area contributed by atoms with Crippen molar-refractivity contribution < 1.29 is 28.6 Å². The van der Waals surface area contributed by atoms with Crippen molar-refractivity contribution in [2.24, 2.45) is 17.8 Å². The van der Waals surface area contributed by atoms with Crippen LogP contribution in [0.15, 0.2) is 12.2 Å². The van der Waals surface area contributed by atoms with E-state index < -0.39 is 12.1 Å². The van der Waals surface area contributed by atoms with Crippen LogP contribution in [0.4, 0.5) is 4.79 Å². The number of alkyl carbamates (subject to hydrolysis) is 1. The summed E-state index contributed by atoms with van der Waals surface area (Å²) in [4.78, 5) is 34.4. The largest absolute Gasteiger partial charge is 0.468 e. The minimum Gasteiger partial charge on any atom is -0.468 e. The molecule has 4 atom stereocenters. The van der Waals surface area contributed by atoms with Crippen LogP contribution in [0.2, 0.25) is 0 Å². The molecule has 2 aliphatic carbocycles. The van der Waals surface area contributed by atoms with Crippen LogP contribution in [0, 0.1) is 17.8 Å². The number of fused-ring (bicyclic) bond motifs is 1. The van der Waals surface area contributed by atoms with Crippen molar-refractivity contribution in [1.29, 1.82) is 0 Å². The second kappa shape index (κ2) is 7.99. The van der Waals surface area contributed by atoms with Gasteiger partial charge in [0, 0.05) is 0 Å². The highest BCUT2D eigenvalue weighted by atomic mass is 16.6. The number of allylic oxidation sites excluding steroid dienone is 1. The van der Waals surface area contributed by atoms with Gasteiger partial charge in [0.25, 0.3) is 0 Å². The zero-order valence-corrected chi connectivity index (χ0v) is 13.4. The van der Waals surface area contributed by atoms with E-state index in [1.807, 2.05) is 12.2 Å². The third-order valence-electron chi connectivity index (χ3n) is 4.30. The lowest BCUT2D eigenvalue weighted by Crippen LogP contribution is -2.33. The highest BCUT2D eigenvalue weighted by Crippen LogP contribution is 2.53. The number of ether oxygens (including phenoxy) is 3. The summed E-state index contributed by atoms with van der Waals surface area (Å²) in [6, 6.07) is 0. The minimum atomic E-state index is -0.653. The highest BCUT2D eigenvalue weighted by Gasteiger charge is 2.54. The Morgan fingerprint density at radius 3 is 2.70 bits per heavy atom. The van der Waals surface area contributed by atoms with Gasteiger partial charge in [0.2, 0.25) is 0 Å². The smallest absolute Gasteiger partial charge is 0.408 e. The van der Waals surface area contributed by atoms with Gasteiger partial charge in [-0.05, 0) is 44.1 Å². The maximum absolute atomic E-state index is 11.8. The molecule has 0 radical (unpaired) electrons. The molecule has 1 fully saturated rings. The topological polar surface area (TPSA) is 90.9 Å². The fourth-order valence-corrected chi connectivity index (χ4v) is 3.08. The molecule has 0 aliphatic heterocycles. The van der Waals surface area contributed by atoms with Crippen molar-refractivity contribution in [2.75, 3.05) is 20.3 Å². The summed E-state index contributed by atoms with van der Waals surface area (Å²) < 4.78 is 14.8. The molecule has 0 bridgehead atoms. The standard InChI is InChI=1S/C16H23NO6/c1-3-22-15(19)14-11-6-4-5-10(7-8-12(11)14)23-16(20)17-9-13(18)21-2/h4-5,10-12,14H,3,6-9H2,1-2H3,(H,17,20)/b5-4-/t10-,11-,12+,14+/m0/s1. The molecular weight excluding hydrogens is 302 g/mol. The molecule has 128 valence electrons. The third-order valence-corrected chi connectivity index (χ3v) is 4.30. The van der Waals surface area contributed by atoms with Crippen LogP contribution < -0.4 is 5.32 Å². The van der Waals surface area contributed by atoms with Gasteiger partial charge in [0.1, 0.15) is 12.6 Å². The van der Waals surface area contributed by atoms with Crippen molar-refractivity contribution in [3.8, 4) is 0 Å². The van der Waals surface area contributed by atoms with E-state index in [0.717, 1.165) is 12.8 Å². The summed E-state index contributed by atoms with van der Waals surface area (Å²) in [5.41, 5.74) is 0. The summed E-state index contributed by atoms with van der Waals surface area (Å²) in [6.45, 7) is 1.98. The summed E-state index contributed by atoms with van der Waals surface area (Å²) in [5, 5.41) is 2.34. The van der Waals surface area contributed by atoms with E-state index in [4.69, 9.17) is 9.47 Å². The van der Waals surface area contributed by atoms with Crippen molar-refractivity contribution in [1.82, 2.24) is 5.32 Å². The van der Waals surface area contributed by atoms with Crippen LogP contribution in [0.1, 0.15) is 26.2 Å². The van der Waals surface area contributed by atoms with E-state index in [-0.39, 0.29) is 24.5 Å². The predicted octanol–water partition coefficient (Wildman–Crippen LogP) is 1.42. The van der Waals surface area contributed by atoms with Gasteiger partial charge < -0.3 is 19.5 Å². The molecule has 1 N–H and O–H groups in total. The lowest BCUT2D eigenvalue weighted by atomic mass is 10.0. The molecule has 1 amide bonds. The average molecular weight is 325 g/mol. The van der Waals surface area contributed by atoms with Crippen LogP contribution in [-0.4, -0.2) is 44.4 Å². The molecule has 0 aromatic heterocycles. The van der Waals surface area contributed by atoms with Crippen LogP contribution in [-0.2, 0) is 23.8 Å². The minimum absolute atomic E-state index is 0.0218. The number of hydrogen-bond acceptors (Lipinski definition) is 6. The van der Waals surface area contributed by atoms with Gasteiger partial charge in [-0.3, -0.25) is 9.59 Å². The summed E-state index contributed by atoms with van der Waals surface area (Å²) in [6.07, 6.45) is 5.05. The number of methoxy groups -OCH3 is 1. The highest BCUT2D eigenvalue weighted by molar-refractivity contribution is 5.78. The molecule has 7 heteroatoms. The predicted molar refractivity (Wildman–Crippen MR) is 80.4 cm³/mol. The zero-order chi connectivity index (χ0) is 16.8. The number of hydrogen-bond donors (Lipinski definition) is 1. The fourth-order valence-electron chi connectivity index (χ4n) is 3.08. The summed E-state index contributed by atoms with van der Waals surface area (Å²) >= 11 is 0. The summed E-state index contributed by atoms with van der Waals surface area (Å²) in [7, 11) is 1.25. The number of amides is 1. The Kier molecular flexibility index (Phi) is 6.01. The molecule has 0 aromatic carbocycles. The van der Waals surface area contributed by atoms with Gasteiger partial charge in [-0.2, -0.15) is 0 Å². The molecule has 1 saturated carbocycles. The number of carbonyl (C=O) groups is 3. The van der Waals surface area contributed by atoms with Gasteiger partial charge >= 0.3 is 18.0 Å². The van der Waals surface area contributed by atoms with E-state index in [2.05, 4.69) is 10.1 Å². The maximum atomic E-state index is 11.8. The molecule has 7 nitrogen and oxygen atoms in total. The zero-order valence-electron chi connectivity index (χ0n) is 13.4. The van der Waals surface area contributed by atoms with Crippen LogP contribution in [0.5, 0.6) is 0 Å². The van der Waals surface area contributed by atoms with E-state index in [1.54, 1.807) is 6.92 Å². The molecule has 0 heterocycles. The van der Waals surface area contributed by atoms with E-state index in [1.165, 1.54) is 7.11 Å². The summed E-state index contributed by atoms with van der Waals surface area (Å²) in [5.74, 6) is -0.0199. The van der Waals surface area contributed by atoms with Gasteiger partial charge in [0.15, 0.2) is 0 Å². The SMILES string of the molecule is CCOC(=O)[C@H]1[C@@H]2CC[C@@H](OC(=O)NCC(=O)OC)/C=C\C[C@@H]21. The first-order valence-corrected chi connectivity index (χ1v) is 7.91. The maximum Gasteiger partial charge on any atom is 0.408 e. The average Bonchev–Trinajstić information content (AvgIpc) is 3.19. The van der Waals surface area contributed by atoms with Crippen molar-refractivity contribution in [3.63, 3.8) is 0 Å². The Labute approximate surface area is 135 Å². The normalized spacial score (nSPS) is 30.0. The van der Waals surface area contributed by atoms with Gasteiger partial charge in [-0.25, -0.2) is 4.79 Å². The number of nitrogens with one attached hydrogen (secondary N) is 1. The second-order valence-corrected chi connectivity index (χ2v) is 5.72. The van der Waals surface area contributed by atoms with Crippen molar-refractivity contribution in [2.45, 2.75) is 32.3 Å². The number of rotatable bonds is 5. The number of esters is 2.